The zero-order chi connectivity index (χ0) is 29.8. The first-order valence-electron chi connectivity index (χ1n) is 13.3. The number of nitrogens with zero attached hydrogens (tertiary/aromatic N) is 2. The number of ether oxygens (including phenoxy) is 1. The lowest BCUT2D eigenvalue weighted by atomic mass is 9.84. The summed E-state index contributed by atoms with van der Waals surface area (Å²) in [5.74, 6) is -1.69. The lowest BCUT2D eigenvalue weighted by Crippen LogP contribution is -2.42. The first-order chi connectivity index (χ1) is 18.6. The minimum atomic E-state index is -1.02. The molecule has 0 fully saturated rings. The van der Waals surface area contributed by atoms with Crippen LogP contribution in [-0.2, 0) is 20.5 Å². The van der Waals surface area contributed by atoms with E-state index in [0.29, 0.717) is 0 Å². The smallest absolute Gasteiger partial charge is 0.347 e. The SMILES string of the molecule is COc1ccnc(C(=O)N[C@@H](C)C(=O)ON(C)C(c2ccc(C(C)(C)C)cc2)c2ccc(C(C)(C)C)cc2)c1O. The van der Waals surface area contributed by atoms with E-state index in [0.717, 1.165) is 11.1 Å². The van der Waals surface area contributed by atoms with Crippen molar-refractivity contribution >= 4 is 11.9 Å². The molecule has 0 spiro atoms. The van der Waals surface area contributed by atoms with Crippen LogP contribution in [0.2, 0.25) is 0 Å². The second kappa shape index (κ2) is 12.1. The Kier molecular flexibility index (Phi) is 9.25. The summed E-state index contributed by atoms with van der Waals surface area (Å²) in [7, 11) is 3.07. The topological polar surface area (TPSA) is 101 Å². The number of hydroxylamine groups is 2. The van der Waals surface area contributed by atoms with E-state index in [2.05, 4.69) is 100 Å². The van der Waals surface area contributed by atoms with E-state index < -0.39 is 23.7 Å². The molecule has 0 aliphatic carbocycles. The Balaban J connectivity index is 1.85. The van der Waals surface area contributed by atoms with E-state index in [1.807, 2.05) is 0 Å². The standard InChI is InChI=1S/C32H41N3O5/c1-20(34-29(37)26-28(36)25(39-9)18-19-33-26)30(38)40-35(8)27(21-10-14-23(15-11-21)31(2,3)4)22-12-16-24(17-13-22)32(5,6)7/h10-20,27,36H,1-9H3,(H,34,37)/t20-/m0/s1. The van der Waals surface area contributed by atoms with Crippen molar-refractivity contribution in [2.24, 2.45) is 0 Å². The molecule has 1 atom stereocenters. The Hall–Kier alpha value is -3.91. The zero-order valence-corrected chi connectivity index (χ0v) is 24.9. The molecule has 8 heteroatoms. The Labute approximate surface area is 237 Å². The number of nitrogens with one attached hydrogen (secondary N) is 1. The number of benzene rings is 2. The number of hydrogen-bond acceptors (Lipinski definition) is 7. The van der Waals surface area contributed by atoms with E-state index in [4.69, 9.17) is 9.57 Å². The zero-order valence-electron chi connectivity index (χ0n) is 24.9. The van der Waals surface area contributed by atoms with Gasteiger partial charge in [-0.3, -0.25) is 4.79 Å². The van der Waals surface area contributed by atoms with Crippen molar-refractivity contribution in [3.63, 3.8) is 0 Å². The molecule has 214 valence electrons. The van der Waals surface area contributed by atoms with Gasteiger partial charge in [-0.1, -0.05) is 90.1 Å². The van der Waals surface area contributed by atoms with Crippen molar-refractivity contribution < 1.29 is 24.3 Å². The maximum absolute atomic E-state index is 13.1. The van der Waals surface area contributed by atoms with Crippen LogP contribution in [0.1, 0.15) is 87.3 Å². The fourth-order valence-electron chi connectivity index (χ4n) is 4.31. The van der Waals surface area contributed by atoms with Gasteiger partial charge in [0.2, 0.25) is 0 Å². The van der Waals surface area contributed by atoms with Crippen LogP contribution in [-0.4, -0.2) is 47.2 Å². The highest BCUT2D eigenvalue weighted by Crippen LogP contribution is 2.32. The molecule has 2 aromatic carbocycles. The number of aromatic nitrogens is 1. The summed E-state index contributed by atoms with van der Waals surface area (Å²) < 4.78 is 5.03. The summed E-state index contributed by atoms with van der Waals surface area (Å²) in [6.07, 6.45) is 1.34. The van der Waals surface area contributed by atoms with Gasteiger partial charge in [0.1, 0.15) is 6.04 Å². The third-order valence-electron chi connectivity index (χ3n) is 6.81. The van der Waals surface area contributed by atoms with Gasteiger partial charge in [-0.2, -0.15) is 0 Å². The van der Waals surface area contributed by atoms with E-state index in [9.17, 15) is 14.7 Å². The number of hydrogen-bond donors (Lipinski definition) is 2. The third-order valence-corrected chi connectivity index (χ3v) is 6.81. The minimum Gasteiger partial charge on any atom is -0.503 e. The minimum absolute atomic E-state index is 0.000449. The highest BCUT2D eigenvalue weighted by Gasteiger charge is 2.28. The van der Waals surface area contributed by atoms with Crippen LogP contribution >= 0.6 is 0 Å². The summed E-state index contributed by atoms with van der Waals surface area (Å²) in [4.78, 5) is 35.5. The van der Waals surface area contributed by atoms with Gasteiger partial charge in [-0.15, -0.1) is 5.06 Å². The molecular weight excluding hydrogens is 506 g/mol. The number of carbonyl (C=O) groups is 2. The maximum Gasteiger partial charge on any atom is 0.347 e. The van der Waals surface area contributed by atoms with E-state index in [-0.39, 0.29) is 28.3 Å². The quantitative estimate of drug-likeness (QED) is 0.350. The fourth-order valence-corrected chi connectivity index (χ4v) is 4.31. The van der Waals surface area contributed by atoms with Gasteiger partial charge < -0.3 is 20.0 Å². The monoisotopic (exact) mass is 547 g/mol. The highest BCUT2D eigenvalue weighted by atomic mass is 16.7. The molecule has 2 N–H and O–H groups in total. The van der Waals surface area contributed by atoms with Gasteiger partial charge in [0, 0.05) is 19.3 Å². The van der Waals surface area contributed by atoms with Gasteiger partial charge in [0.05, 0.1) is 13.2 Å². The number of amides is 1. The van der Waals surface area contributed by atoms with Crippen LogP contribution in [0.3, 0.4) is 0 Å². The largest absolute Gasteiger partial charge is 0.503 e. The van der Waals surface area contributed by atoms with Crippen LogP contribution in [0.15, 0.2) is 60.8 Å². The lowest BCUT2D eigenvalue weighted by Gasteiger charge is -2.30. The summed E-state index contributed by atoms with van der Waals surface area (Å²) in [5.41, 5.74) is 4.05. The van der Waals surface area contributed by atoms with Crippen LogP contribution < -0.4 is 10.1 Å². The molecule has 0 radical (unpaired) electrons. The van der Waals surface area contributed by atoms with Crippen molar-refractivity contribution in [3.05, 3.63) is 88.7 Å². The van der Waals surface area contributed by atoms with Crippen molar-refractivity contribution in [1.82, 2.24) is 15.4 Å². The molecule has 40 heavy (non-hydrogen) atoms. The lowest BCUT2D eigenvalue weighted by molar-refractivity contribution is -0.193. The number of methoxy groups -OCH3 is 1. The predicted molar refractivity (Wildman–Crippen MR) is 155 cm³/mol. The number of pyridine rings is 1. The average Bonchev–Trinajstić information content (AvgIpc) is 2.88. The number of aromatic hydroxyl groups is 1. The molecule has 0 saturated heterocycles. The molecule has 8 nitrogen and oxygen atoms in total. The second-order valence-corrected chi connectivity index (χ2v) is 12.0. The summed E-state index contributed by atoms with van der Waals surface area (Å²) >= 11 is 0. The summed E-state index contributed by atoms with van der Waals surface area (Å²) in [6, 6.07) is 16.6. The Bertz CT molecular complexity index is 1270. The number of carbonyl (C=O) groups excluding carboxylic acids is 2. The van der Waals surface area contributed by atoms with Crippen LogP contribution in [0.25, 0.3) is 0 Å². The summed E-state index contributed by atoms with van der Waals surface area (Å²) in [5, 5.41) is 14.3. The summed E-state index contributed by atoms with van der Waals surface area (Å²) in [6.45, 7) is 14.5. The average molecular weight is 548 g/mol. The van der Waals surface area contributed by atoms with Crippen LogP contribution in [0.5, 0.6) is 11.5 Å². The number of rotatable bonds is 8. The Morgan fingerprint density at radius 2 is 1.35 bits per heavy atom. The molecular formula is C32H41N3O5. The van der Waals surface area contributed by atoms with E-state index >= 15 is 0 Å². The Morgan fingerprint density at radius 1 is 0.875 bits per heavy atom. The van der Waals surface area contributed by atoms with Crippen LogP contribution in [0.4, 0.5) is 0 Å². The van der Waals surface area contributed by atoms with Gasteiger partial charge in [-0.05, 0) is 40.0 Å². The van der Waals surface area contributed by atoms with E-state index in [1.165, 1.54) is 42.5 Å². The molecule has 3 rings (SSSR count). The first-order valence-corrected chi connectivity index (χ1v) is 13.3. The molecule has 3 aromatic rings. The predicted octanol–water partition coefficient (Wildman–Crippen LogP) is 5.69. The normalized spacial score (nSPS) is 12.8. The van der Waals surface area contributed by atoms with Gasteiger partial charge in [-0.25, -0.2) is 9.78 Å². The van der Waals surface area contributed by atoms with Crippen molar-refractivity contribution in [2.75, 3.05) is 14.2 Å². The molecule has 0 aliphatic rings. The molecule has 0 saturated carbocycles. The molecule has 1 heterocycles. The molecule has 1 amide bonds. The molecule has 0 unspecified atom stereocenters. The molecule has 0 aliphatic heterocycles. The van der Waals surface area contributed by atoms with Crippen molar-refractivity contribution in [2.45, 2.75) is 71.4 Å². The molecule has 0 bridgehead atoms. The fraction of sp³-hybridized carbons (Fsp3) is 0.406. The van der Waals surface area contributed by atoms with Gasteiger partial charge in [0.25, 0.3) is 5.91 Å². The van der Waals surface area contributed by atoms with E-state index in [1.54, 1.807) is 7.05 Å². The Morgan fingerprint density at radius 3 is 1.77 bits per heavy atom. The maximum atomic E-state index is 13.1. The third kappa shape index (κ3) is 7.18. The highest BCUT2D eigenvalue weighted by molar-refractivity contribution is 5.97. The van der Waals surface area contributed by atoms with Gasteiger partial charge in [0.15, 0.2) is 17.2 Å². The van der Waals surface area contributed by atoms with Crippen molar-refractivity contribution in [1.29, 1.82) is 0 Å². The van der Waals surface area contributed by atoms with Gasteiger partial charge >= 0.3 is 5.97 Å². The molecule has 1 aromatic heterocycles. The van der Waals surface area contributed by atoms with Crippen molar-refractivity contribution in [3.8, 4) is 11.5 Å². The first kappa shape index (κ1) is 30.6. The second-order valence-electron chi connectivity index (χ2n) is 12.0. The van der Waals surface area contributed by atoms with Crippen LogP contribution in [0, 0.1) is 0 Å².